The monoisotopic (exact) mass is 502 g/mol. The second kappa shape index (κ2) is 11.3. The summed E-state index contributed by atoms with van der Waals surface area (Å²) >= 11 is 0. The van der Waals surface area contributed by atoms with Gasteiger partial charge in [0.15, 0.2) is 0 Å². The Morgan fingerprint density at radius 2 is 1.81 bits per heavy atom. The highest BCUT2D eigenvalue weighted by atomic mass is 16.6. The van der Waals surface area contributed by atoms with E-state index in [0.29, 0.717) is 43.6 Å². The second-order valence-corrected chi connectivity index (χ2v) is 10.9. The van der Waals surface area contributed by atoms with Gasteiger partial charge in [-0.25, -0.2) is 9.59 Å². The minimum Gasteiger partial charge on any atom is -0.478 e. The zero-order chi connectivity index (χ0) is 26.6. The highest BCUT2D eigenvalue weighted by Gasteiger charge is 2.41. The van der Waals surface area contributed by atoms with Crippen molar-refractivity contribution in [3.63, 3.8) is 0 Å². The molecule has 36 heavy (non-hydrogen) atoms. The van der Waals surface area contributed by atoms with E-state index in [2.05, 4.69) is 10.6 Å². The van der Waals surface area contributed by atoms with Crippen LogP contribution in [0, 0.1) is 18.8 Å². The number of nitrogens with one attached hydrogen (secondary N) is 2. The number of carboxylic acids is 1. The molecule has 1 aromatic rings. The Kier molecular flexibility index (Phi) is 8.60. The summed E-state index contributed by atoms with van der Waals surface area (Å²) in [5.41, 5.74) is 6.77. The van der Waals surface area contributed by atoms with Crippen LogP contribution in [0.2, 0.25) is 0 Å². The van der Waals surface area contributed by atoms with Crippen LogP contribution in [0.3, 0.4) is 0 Å². The Labute approximate surface area is 211 Å². The number of rotatable bonds is 6. The van der Waals surface area contributed by atoms with E-state index < -0.39 is 23.7 Å². The maximum atomic E-state index is 13.4. The van der Waals surface area contributed by atoms with Gasteiger partial charge >= 0.3 is 12.1 Å². The van der Waals surface area contributed by atoms with Gasteiger partial charge in [-0.15, -0.1) is 0 Å². The first kappa shape index (κ1) is 27.4. The maximum absolute atomic E-state index is 13.4. The lowest BCUT2D eigenvalue weighted by molar-refractivity contribution is -0.141. The van der Waals surface area contributed by atoms with E-state index in [1.54, 1.807) is 24.0 Å². The molecule has 2 fully saturated rings. The average Bonchev–Trinajstić information content (AvgIpc) is 3.18. The first-order chi connectivity index (χ1) is 16.8. The Hall–Kier alpha value is -3.14. The Morgan fingerprint density at radius 1 is 1.14 bits per heavy atom. The van der Waals surface area contributed by atoms with Crippen LogP contribution in [0.25, 0.3) is 0 Å². The number of hydrogen-bond acceptors (Lipinski definition) is 6. The van der Waals surface area contributed by atoms with Crippen LogP contribution >= 0.6 is 0 Å². The van der Waals surface area contributed by atoms with Crippen molar-refractivity contribution >= 4 is 29.6 Å². The molecule has 2 atom stereocenters. The number of hydrogen-bond donors (Lipinski definition) is 4. The predicted molar refractivity (Wildman–Crippen MR) is 135 cm³/mol. The SMILES string of the molecule is Cc1cc(NC(=O)[C@@H]2C[C@H](N)CN2C(=O)[C@H]2CC[C@H](CNC(=O)OC(C)(C)C)CC2)ccc1C(=O)O. The third kappa shape index (κ3) is 7.19. The number of ether oxygens (including phenoxy) is 1. The van der Waals surface area contributed by atoms with E-state index in [4.69, 9.17) is 10.5 Å². The molecular weight excluding hydrogens is 464 g/mol. The lowest BCUT2D eigenvalue weighted by Gasteiger charge is -2.32. The summed E-state index contributed by atoms with van der Waals surface area (Å²) in [6, 6.07) is 3.65. The summed E-state index contributed by atoms with van der Waals surface area (Å²) in [5, 5.41) is 14.8. The minimum absolute atomic E-state index is 0.0564. The molecule has 1 aromatic carbocycles. The quantitative estimate of drug-likeness (QED) is 0.467. The van der Waals surface area contributed by atoms with Crippen molar-refractivity contribution < 1.29 is 29.0 Å². The molecule has 0 spiro atoms. The van der Waals surface area contributed by atoms with E-state index in [1.165, 1.54) is 6.07 Å². The maximum Gasteiger partial charge on any atom is 0.407 e. The fourth-order valence-corrected chi connectivity index (χ4v) is 4.96. The van der Waals surface area contributed by atoms with Crippen molar-refractivity contribution in [1.29, 1.82) is 0 Å². The van der Waals surface area contributed by atoms with E-state index in [1.807, 2.05) is 20.8 Å². The number of aromatic carboxylic acids is 1. The molecule has 3 rings (SSSR count). The van der Waals surface area contributed by atoms with Gasteiger partial charge in [0.25, 0.3) is 0 Å². The predicted octanol–water partition coefficient (Wildman–Crippen LogP) is 2.89. The topological polar surface area (TPSA) is 151 Å². The summed E-state index contributed by atoms with van der Waals surface area (Å²) in [5.74, 6) is -1.31. The van der Waals surface area contributed by atoms with Crippen LogP contribution in [0.15, 0.2) is 18.2 Å². The molecule has 0 radical (unpaired) electrons. The van der Waals surface area contributed by atoms with Gasteiger partial charge in [-0.2, -0.15) is 0 Å². The van der Waals surface area contributed by atoms with Crippen molar-refractivity contribution in [2.24, 2.45) is 17.6 Å². The molecule has 1 saturated carbocycles. The third-order valence-electron chi connectivity index (χ3n) is 6.77. The molecule has 1 aliphatic heterocycles. The Bertz CT molecular complexity index is 997. The summed E-state index contributed by atoms with van der Waals surface area (Å²) < 4.78 is 5.28. The number of nitrogens with two attached hydrogens (primary N) is 1. The average molecular weight is 503 g/mol. The molecule has 10 nitrogen and oxygen atoms in total. The highest BCUT2D eigenvalue weighted by Crippen LogP contribution is 2.32. The standard InChI is InChI=1S/C26H38N4O6/c1-15-11-19(9-10-20(15)24(33)34)29-22(31)21-12-18(27)14-30(21)23(32)17-7-5-16(6-8-17)13-28-25(35)36-26(2,3)4/h9-11,16-18,21H,5-8,12-14,27H2,1-4H3,(H,28,35)(H,29,31)(H,33,34)/t16-,17-,18-,21-/m0/s1. The molecular formula is C26H38N4O6. The first-order valence-corrected chi connectivity index (χ1v) is 12.5. The van der Waals surface area contributed by atoms with Crippen molar-refractivity contribution in [2.75, 3.05) is 18.4 Å². The highest BCUT2D eigenvalue weighted by molar-refractivity contribution is 5.98. The van der Waals surface area contributed by atoms with Crippen molar-refractivity contribution in [2.45, 2.75) is 77.5 Å². The lowest BCUT2D eigenvalue weighted by Crippen LogP contribution is -2.46. The zero-order valence-corrected chi connectivity index (χ0v) is 21.5. The molecule has 2 aliphatic rings. The second-order valence-electron chi connectivity index (χ2n) is 10.9. The number of likely N-dealkylation sites (tertiary alicyclic amines) is 1. The number of amides is 3. The number of nitrogens with zero attached hydrogens (tertiary/aromatic N) is 1. The number of aryl methyl sites for hydroxylation is 1. The molecule has 5 N–H and O–H groups in total. The Morgan fingerprint density at radius 3 is 2.39 bits per heavy atom. The summed E-state index contributed by atoms with van der Waals surface area (Å²) in [7, 11) is 0. The first-order valence-electron chi connectivity index (χ1n) is 12.5. The number of anilines is 1. The van der Waals surface area contributed by atoms with Gasteiger partial charge < -0.3 is 31.1 Å². The molecule has 198 valence electrons. The molecule has 10 heteroatoms. The van der Waals surface area contributed by atoms with E-state index >= 15 is 0 Å². The lowest BCUT2D eigenvalue weighted by atomic mass is 9.81. The molecule has 0 unspecified atom stereocenters. The van der Waals surface area contributed by atoms with Crippen molar-refractivity contribution in [1.82, 2.24) is 10.2 Å². The van der Waals surface area contributed by atoms with Crippen molar-refractivity contribution in [3.8, 4) is 0 Å². The number of carbonyl (C=O) groups excluding carboxylic acids is 3. The van der Waals surface area contributed by atoms with Gasteiger partial charge in [0.05, 0.1) is 5.56 Å². The van der Waals surface area contributed by atoms with Crippen LogP contribution in [0.5, 0.6) is 0 Å². The minimum atomic E-state index is -1.03. The van der Waals surface area contributed by atoms with Gasteiger partial charge in [-0.1, -0.05) is 0 Å². The molecule has 3 amide bonds. The van der Waals surface area contributed by atoms with Crippen LogP contribution in [0.4, 0.5) is 10.5 Å². The third-order valence-corrected chi connectivity index (χ3v) is 6.77. The molecule has 0 aromatic heterocycles. The van der Waals surface area contributed by atoms with Crippen LogP contribution in [-0.4, -0.2) is 64.7 Å². The number of alkyl carbamates (subject to hydrolysis) is 1. The number of carboxylic acid groups (broad SMARTS) is 1. The molecule has 1 heterocycles. The van der Waals surface area contributed by atoms with Gasteiger partial charge in [0, 0.05) is 30.7 Å². The summed E-state index contributed by atoms with van der Waals surface area (Å²) in [4.78, 5) is 51.2. The summed E-state index contributed by atoms with van der Waals surface area (Å²) in [6.45, 7) is 7.95. The Balaban J connectivity index is 1.54. The van der Waals surface area contributed by atoms with Crippen LogP contribution in [0.1, 0.15) is 68.8 Å². The molecule has 1 saturated heterocycles. The van der Waals surface area contributed by atoms with E-state index in [9.17, 15) is 24.3 Å². The molecule has 1 aliphatic carbocycles. The van der Waals surface area contributed by atoms with Crippen LogP contribution < -0.4 is 16.4 Å². The smallest absolute Gasteiger partial charge is 0.407 e. The molecule has 0 bridgehead atoms. The van der Waals surface area contributed by atoms with Gasteiger partial charge in [0.1, 0.15) is 11.6 Å². The van der Waals surface area contributed by atoms with Gasteiger partial charge in [-0.05, 0) is 89.5 Å². The van der Waals surface area contributed by atoms with Crippen LogP contribution in [-0.2, 0) is 14.3 Å². The summed E-state index contributed by atoms with van der Waals surface area (Å²) in [6.07, 6.45) is 2.92. The van der Waals surface area contributed by atoms with E-state index in [-0.39, 0.29) is 35.3 Å². The fourth-order valence-electron chi connectivity index (χ4n) is 4.96. The largest absolute Gasteiger partial charge is 0.478 e. The normalized spacial score (nSPS) is 24.2. The van der Waals surface area contributed by atoms with E-state index in [0.717, 1.165) is 12.8 Å². The van der Waals surface area contributed by atoms with Crippen molar-refractivity contribution in [3.05, 3.63) is 29.3 Å². The zero-order valence-electron chi connectivity index (χ0n) is 21.5. The fraction of sp³-hybridized carbons (Fsp3) is 0.615. The van der Waals surface area contributed by atoms with Gasteiger partial charge in [-0.3, -0.25) is 9.59 Å². The number of carbonyl (C=O) groups is 4. The van der Waals surface area contributed by atoms with Gasteiger partial charge in [0.2, 0.25) is 11.8 Å². The number of benzene rings is 1.